The molecule has 0 bridgehead atoms. The lowest BCUT2D eigenvalue weighted by Crippen LogP contribution is -1.93. The second-order valence-electron chi connectivity index (χ2n) is 6.70. The monoisotopic (exact) mass is 384 g/mol. The molecule has 0 aliphatic carbocycles. The largest absolute Gasteiger partial charge is 0.496 e. The van der Waals surface area contributed by atoms with Gasteiger partial charge in [-0.2, -0.15) is 0 Å². The zero-order chi connectivity index (χ0) is 20.6. The van der Waals surface area contributed by atoms with Gasteiger partial charge in [0.05, 0.1) is 14.2 Å². The first-order valence-corrected chi connectivity index (χ1v) is 9.37. The summed E-state index contributed by atoms with van der Waals surface area (Å²) < 4.78 is 11.2. The van der Waals surface area contributed by atoms with Crippen molar-refractivity contribution in [1.82, 2.24) is 0 Å². The third-order valence-electron chi connectivity index (χ3n) is 4.64. The number of carbonyl (C=O) groups excluding carboxylic acids is 1. The van der Waals surface area contributed by atoms with Crippen LogP contribution >= 0.6 is 0 Å². The van der Waals surface area contributed by atoms with Crippen molar-refractivity contribution < 1.29 is 14.3 Å². The van der Waals surface area contributed by atoms with Gasteiger partial charge in [0.2, 0.25) is 0 Å². The lowest BCUT2D eigenvalue weighted by Gasteiger charge is -2.11. The maximum atomic E-state index is 10.8. The molecule has 3 heteroatoms. The molecule has 3 rings (SSSR count). The van der Waals surface area contributed by atoms with E-state index in [4.69, 9.17) is 9.47 Å². The molecule has 0 saturated carbocycles. The molecular weight excluding hydrogens is 360 g/mol. The molecule has 0 aliphatic heterocycles. The molecule has 0 saturated heterocycles. The molecule has 0 aliphatic rings. The maximum Gasteiger partial charge on any atom is 0.150 e. The fourth-order valence-corrected chi connectivity index (χ4v) is 2.94. The normalized spacial score (nSPS) is 11.1. The van der Waals surface area contributed by atoms with E-state index in [0.29, 0.717) is 5.56 Å². The average Bonchev–Trinajstić information content (AvgIpc) is 2.77. The lowest BCUT2D eigenvalue weighted by molar-refractivity contribution is 0.112. The number of benzene rings is 3. The third kappa shape index (κ3) is 5.23. The number of hydrogen-bond acceptors (Lipinski definition) is 3. The van der Waals surface area contributed by atoms with Gasteiger partial charge in [-0.15, -0.1) is 0 Å². The molecule has 0 N–H and O–H groups in total. The van der Waals surface area contributed by atoms with Gasteiger partial charge in [0.25, 0.3) is 0 Å². The van der Waals surface area contributed by atoms with Crippen LogP contribution in [-0.4, -0.2) is 20.5 Å². The molecule has 0 radical (unpaired) electrons. The van der Waals surface area contributed by atoms with E-state index in [2.05, 4.69) is 37.3 Å². The molecular formula is C26H24O3. The standard InChI is InChI=1S/C26H24O3/c1-19-4-6-20(7-5-19)12-14-23-16-26(29-3)24(17-25(23)28-2)15-13-21-8-10-22(18-27)11-9-21/h4-18H,1-3H3. The van der Waals surface area contributed by atoms with Gasteiger partial charge in [0.1, 0.15) is 17.8 Å². The Morgan fingerprint density at radius 1 is 0.621 bits per heavy atom. The highest BCUT2D eigenvalue weighted by molar-refractivity contribution is 5.80. The third-order valence-corrected chi connectivity index (χ3v) is 4.64. The first kappa shape index (κ1) is 20.2. The molecule has 0 fully saturated rings. The summed E-state index contributed by atoms with van der Waals surface area (Å²) >= 11 is 0. The molecule has 0 atom stereocenters. The Labute approximate surface area is 171 Å². The molecule has 3 aromatic rings. The molecule has 0 unspecified atom stereocenters. The van der Waals surface area contributed by atoms with Crippen LogP contribution in [0.15, 0.2) is 60.7 Å². The van der Waals surface area contributed by atoms with Crippen LogP contribution in [0.25, 0.3) is 24.3 Å². The van der Waals surface area contributed by atoms with Crippen LogP contribution < -0.4 is 9.47 Å². The molecule has 0 amide bonds. The van der Waals surface area contributed by atoms with Crippen molar-refractivity contribution in [1.29, 1.82) is 0 Å². The summed E-state index contributed by atoms with van der Waals surface area (Å²) in [5.41, 5.74) is 5.87. The van der Waals surface area contributed by atoms with E-state index in [1.54, 1.807) is 26.4 Å². The summed E-state index contributed by atoms with van der Waals surface area (Å²) in [6, 6.07) is 19.7. The van der Waals surface area contributed by atoms with Gasteiger partial charge in [-0.25, -0.2) is 0 Å². The van der Waals surface area contributed by atoms with Crippen LogP contribution in [0, 0.1) is 6.92 Å². The van der Waals surface area contributed by atoms with Gasteiger partial charge in [-0.05, 0) is 30.2 Å². The van der Waals surface area contributed by atoms with E-state index < -0.39 is 0 Å². The van der Waals surface area contributed by atoms with Gasteiger partial charge in [-0.3, -0.25) is 4.79 Å². The second-order valence-corrected chi connectivity index (χ2v) is 6.70. The van der Waals surface area contributed by atoms with Crippen molar-refractivity contribution in [2.45, 2.75) is 6.92 Å². The Morgan fingerprint density at radius 2 is 1.03 bits per heavy atom. The van der Waals surface area contributed by atoms with Crippen LogP contribution in [0.1, 0.15) is 38.2 Å². The minimum absolute atomic E-state index is 0.658. The molecule has 29 heavy (non-hydrogen) atoms. The molecule has 0 heterocycles. The van der Waals surface area contributed by atoms with Crippen LogP contribution in [-0.2, 0) is 0 Å². The Balaban J connectivity index is 1.89. The van der Waals surface area contributed by atoms with Crippen molar-refractivity contribution in [3.63, 3.8) is 0 Å². The van der Waals surface area contributed by atoms with Gasteiger partial charge in [0, 0.05) is 16.7 Å². The number of carbonyl (C=O) groups is 1. The summed E-state index contributed by atoms with van der Waals surface area (Å²) in [5, 5.41) is 0. The van der Waals surface area contributed by atoms with Gasteiger partial charge in [0.15, 0.2) is 0 Å². The minimum atomic E-state index is 0.658. The van der Waals surface area contributed by atoms with Crippen LogP contribution in [0.4, 0.5) is 0 Å². The number of rotatable bonds is 7. The van der Waals surface area contributed by atoms with E-state index >= 15 is 0 Å². The Kier molecular flexibility index (Phi) is 6.64. The summed E-state index contributed by atoms with van der Waals surface area (Å²) in [7, 11) is 3.32. The molecule has 146 valence electrons. The number of hydrogen-bond donors (Lipinski definition) is 0. The van der Waals surface area contributed by atoms with Crippen molar-refractivity contribution in [2.24, 2.45) is 0 Å². The highest BCUT2D eigenvalue weighted by Gasteiger charge is 2.08. The fourth-order valence-electron chi connectivity index (χ4n) is 2.94. The quantitative estimate of drug-likeness (QED) is 0.361. The number of aryl methyl sites for hydroxylation is 1. The summed E-state index contributed by atoms with van der Waals surface area (Å²) in [5.74, 6) is 1.53. The molecule has 3 nitrogen and oxygen atoms in total. The summed E-state index contributed by atoms with van der Waals surface area (Å²) in [6.45, 7) is 2.07. The van der Waals surface area contributed by atoms with E-state index in [1.807, 2.05) is 42.5 Å². The SMILES string of the molecule is COc1cc(C=Cc2ccc(C=O)cc2)c(OC)cc1C=Cc1ccc(C)cc1. The van der Waals surface area contributed by atoms with Crippen molar-refractivity contribution in [3.8, 4) is 11.5 Å². The second kappa shape index (κ2) is 9.56. The zero-order valence-corrected chi connectivity index (χ0v) is 16.9. The number of methoxy groups -OCH3 is 2. The Morgan fingerprint density at radius 3 is 1.45 bits per heavy atom. The van der Waals surface area contributed by atoms with Crippen molar-refractivity contribution in [2.75, 3.05) is 14.2 Å². The number of aldehydes is 1. The van der Waals surface area contributed by atoms with Crippen LogP contribution in [0.3, 0.4) is 0 Å². The fraction of sp³-hybridized carbons (Fsp3) is 0.115. The topological polar surface area (TPSA) is 35.5 Å². The van der Waals surface area contributed by atoms with Crippen LogP contribution in [0.2, 0.25) is 0 Å². The first-order chi connectivity index (χ1) is 14.1. The molecule has 3 aromatic carbocycles. The van der Waals surface area contributed by atoms with Crippen LogP contribution in [0.5, 0.6) is 11.5 Å². The Hall–Kier alpha value is -3.59. The zero-order valence-electron chi connectivity index (χ0n) is 16.9. The molecule has 0 spiro atoms. The first-order valence-electron chi connectivity index (χ1n) is 9.37. The summed E-state index contributed by atoms with van der Waals surface area (Å²) in [6.07, 6.45) is 8.88. The average molecular weight is 384 g/mol. The van der Waals surface area contributed by atoms with Gasteiger partial charge >= 0.3 is 0 Å². The predicted octanol–water partition coefficient (Wildman–Crippen LogP) is 6.17. The number of ether oxygens (including phenoxy) is 2. The highest BCUT2D eigenvalue weighted by Crippen LogP contribution is 2.31. The van der Waals surface area contributed by atoms with Gasteiger partial charge < -0.3 is 9.47 Å². The van der Waals surface area contributed by atoms with E-state index in [1.165, 1.54) is 5.56 Å². The molecule has 0 aromatic heterocycles. The van der Waals surface area contributed by atoms with E-state index in [9.17, 15) is 4.79 Å². The van der Waals surface area contributed by atoms with Crippen molar-refractivity contribution >= 4 is 30.6 Å². The minimum Gasteiger partial charge on any atom is -0.496 e. The smallest absolute Gasteiger partial charge is 0.150 e. The van der Waals surface area contributed by atoms with E-state index in [0.717, 1.165) is 40.0 Å². The Bertz CT molecular complexity index is 1030. The predicted molar refractivity (Wildman–Crippen MR) is 120 cm³/mol. The van der Waals surface area contributed by atoms with E-state index in [-0.39, 0.29) is 0 Å². The van der Waals surface area contributed by atoms with Crippen molar-refractivity contribution in [3.05, 3.63) is 94.0 Å². The highest BCUT2D eigenvalue weighted by atomic mass is 16.5. The maximum absolute atomic E-state index is 10.8. The van der Waals surface area contributed by atoms with Gasteiger partial charge in [-0.1, -0.05) is 78.4 Å². The summed E-state index contributed by atoms with van der Waals surface area (Å²) in [4.78, 5) is 10.8. The lowest BCUT2D eigenvalue weighted by atomic mass is 10.0.